The third kappa shape index (κ3) is 3.33. The summed E-state index contributed by atoms with van der Waals surface area (Å²) in [6, 6.07) is 0.154. The minimum atomic E-state index is -0.0997. The Labute approximate surface area is 119 Å². The number of amides is 1. The Hall–Kier alpha value is -1.49. The number of hydrogen-bond donors (Lipinski definition) is 2. The fraction of sp³-hybridized carbons (Fsp3) is 0.667. The molecule has 0 unspecified atom stereocenters. The van der Waals surface area contributed by atoms with Crippen LogP contribution in [-0.4, -0.2) is 33.6 Å². The van der Waals surface area contributed by atoms with Crippen molar-refractivity contribution in [2.24, 2.45) is 5.92 Å². The molecule has 1 aliphatic rings. The summed E-state index contributed by atoms with van der Waals surface area (Å²) in [6.45, 7) is 6.08. The van der Waals surface area contributed by atoms with Crippen LogP contribution >= 0.6 is 0 Å². The van der Waals surface area contributed by atoms with Crippen molar-refractivity contribution in [3.63, 3.8) is 0 Å². The van der Waals surface area contributed by atoms with Crippen LogP contribution in [0, 0.1) is 12.8 Å². The van der Waals surface area contributed by atoms with Crippen molar-refractivity contribution in [3.8, 4) is 0 Å². The monoisotopic (exact) mass is 277 g/mol. The molecule has 0 aromatic carbocycles. The van der Waals surface area contributed by atoms with Gasteiger partial charge in [0, 0.05) is 18.8 Å². The van der Waals surface area contributed by atoms with Crippen LogP contribution in [-0.2, 0) is 0 Å². The van der Waals surface area contributed by atoms with Crippen LogP contribution in [0.15, 0.2) is 6.20 Å². The van der Waals surface area contributed by atoms with E-state index in [1.165, 1.54) is 0 Å². The van der Waals surface area contributed by atoms with Crippen molar-refractivity contribution in [2.45, 2.75) is 52.0 Å². The van der Waals surface area contributed by atoms with Crippen molar-refractivity contribution in [3.05, 3.63) is 23.3 Å². The van der Waals surface area contributed by atoms with Gasteiger partial charge < -0.3 is 10.4 Å². The number of aromatic nitrogens is 2. The second-order valence-corrected chi connectivity index (χ2v) is 5.90. The van der Waals surface area contributed by atoms with Crippen LogP contribution in [0.25, 0.3) is 0 Å². The number of hydrogen-bond acceptors (Lipinski definition) is 4. The Morgan fingerprint density at radius 2 is 2.25 bits per heavy atom. The number of aliphatic hydroxyl groups excluding tert-OH is 1. The summed E-state index contributed by atoms with van der Waals surface area (Å²) < 4.78 is 0. The van der Waals surface area contributed by atoms with Gasteiger partial charge in [-0.05, 0) is 38.0 Å². The molecule has 0 aliphatic heterocycles. The Morgan fingerprint density at radius 1 is 1.50 bits per heavy atom. The van der Waals surface area contributed by atoms with Crippen LogP contribution < -0.4 is 5.32 Å². The number of nitrogens with one attached hydrogen (secondary N) is 1. The average molecular weight is 277 g/mol. The van der Waals surface area contributed by atoms with E-state index in [-0.39, 0.29) is 24.5 Å². The van der Waals surface area contributed by atoms with Gasteiger partial charge >= 0.3 is 0 Å². The van der Waals surface area contributed by atoms with Gasteiger partial charge in [0.25, 0.3) is 5.91 Å². The molecule has 0 bridgehead atoms. The number of aryl methyl sites for hydroxylation is 1. The van der Waals surface area contributed by atoms with Crippen LogP contribution in [0.1, 0.15) is 60.9 Å². The summed E-state index contributed by atoms with van der Waals surface area (Å²) in [5.74, 6) is 1.09. The van der Waals surface area contributed by atoms with Crippen molar-refractivity contribution in [1.82, 2.24) is 15.3 Å². The van der Waals surface area contributed by atoms with E-state index in [9.17, 15) is 4.79 Å². The lowest BCUT2D eigenvalue weighted by Gasteiger charge is -2.16. The molecule has 5 heteroatoms. The molecular formula is C15H23N3O2. The van der Waals surface area contributed by atoms with Gasteiger partial charge in [0.1, 0.15) is 5.82 Å². The Kier molecular flexibility index (Phi) is 4.70. The zero-order valence-electron chi connectivity index (χ0n) is 12.4. The first-order chi connectivity index (χ1) is 9.51. The molecule has 1 saturated carbocycles. The van der Waals surface area contributed by atoms with Crippen LogP contribution in [0.3, 0.4) is 0 Å². The quantitative estimate of drug-likeness (QED) is 0.880. The molecule has 2 atom stereocenters. The fourth-order valence-electron chi connectivity index (χ4n) is 2.74. The van der Waals surface area contributed by atoms with Gasteiger partial charge in [0.2, 0.25) is 0 Å². The predicted octanol–water partition coefficient (Wildman–Crippen LogP) is 1.80. The van der Waals surface area contributed by atoms with Gasteiger partial charge in [0.05, 0.1) is 11.3 Å². The van der Waals surface area contributed by atoms with Gasteiger partial charge in [-0.1, -0.05) is 13.8 Å². The number of carbonyl (C=O) groups is 1. The lowest BCUT2D eigenvalue weighted by Crippen LogP contribution is -2.34. The van der Waals surface area contributed by atoms with Crippen LogP contribution in [0.5, 0.6) is 0 Å². The first-order valence-electron chi connectivity index (χ1n) is 7.26. The number of aliphatic hydroxyl groups is 1. The standard InChI is InChI=1S/C15H23N3O2/c1-9(2)14-13(7-16-10(3)17-14)15(20)18-12-5-4-11(6-12)8-19/h7,9,11-12,19H,4-6,8H2,1-3H3,(H,18,20)/t11-,12+/m1/s1. The number of nitrogens with zero attached hydrogens (tertiary/aromatic N) is 2. The third-order valence-corrected chi connectivity index (χ3v) is 3.86. The molecule has 0 spiro atoms. The highest BCUT2D eigenvalue weighted by Crippen LogP contribution is 2.25. The molecule has 2 rings (SSSR count). The minimum absolute atomic E-state index is 0.0997. The van der Waals surface area contributed by atoms with Gasteiger partial charge in [-0.15, -0.1) is 0 Å². The van der Waals surface area contributed by atoms with Crippen LogP contribution in [0.4, 0.5) is 0 Å². The van der Waals surface area contributed by atoms with Crippen LogP contribution in [0.2, 0.25) is 0 Å². The molecule has 1 heterocycles. The van der Waals surface area contributed by atoms with Crippen molar-refractivity contribution in [2.75, 3.05) is 6.61 Å². The maximum atomic E-state index is 12.4. The molecule has 110 valence electrons. The molecule has 2 N–H and O–H groups in total. The molecule has 1 aromatic rings. The second kappa shape index (κ2) is 6.31. The highest BCUT2D eigenvalue weighted by Gasteiger charge is 2.26. The molecule has 20 heavy (non-hydrogen) atoms. The average Bonchev–Trinajstić information content (AvgIpc) is 2.86. The Balaban J connectivity index is 2.10. The Morgan fingerprint density at radius 3 is 2.85 bits per heavy atom. The van der Waals surface area contributed by atoms with Gasteiger partial charge in [-0.3, -0.25) is 4.79 Å². The molecular weight excluding hydrogens is 254 g/mol. The fourth-order valence-corrected chi connectivity index (χ4v) is 2.74. The number of rotatable bonds is 4. The zero-order chi connectivity index (χ0) is 14.7. The summed E-state index contributed by atoms with van der Waals surface area (Å²) >= 11 is 0. The first kappa shape index (κ1) is 14.9. The lowest BCUT2D eigenvalue weighted by atomic mass is 10.0. The number of carbonyl (C=O) groups excluding carboxylic acids is 1. The highest BCUT2D eigenvalue weighted by atomic mass is 16.3. The SMILES string of the molecule is Cc1ncc(C(=O)N[C@H]2CC[C@@H](CO)C2)c(C(C)C)n1. The maximum Gasteiger partial charge on any atom is 0.254 e. The van der Waals surface area contributed by atoms with E-state index < -0.39 is 0 Å². The molecule has 5 nitrogen and oxygen atoms in total. The van der Waals surface area contributed by atoms with Crippen molar-refractivity contribution < 1.29 is 9.90 Å². The van der Waals surface area contributed by atoms with E-state index in [1.54, 1.807) is 6.20 Å². The molecule has 1 fully saturated rings. The van der Waals surface area contributed by atoms with E-state index in [1.807, 2.05) is 20.8 Å². The zero-order valence-corrected chi connectivity index (χ0v) is 12.4. The molecule has 1 aliphatic carbocycles. The van der Waals surface area contributed by atoms with Gasteiger partial charge in [-0.2, -0.15) is 0 Å². The maximum absolute atomic E-state index is 12.4. The van der Waals surface area contributed by atoms with Gasteiger partial charge in [-0.25, -0.2) is 9.97 Å². The van der Waals surface area contributed by atoms with Crippen molar-refractivity contribution in [1.29, 1.82) is 0 Å². The van der Waals surface area contributed by atoms with E-state index in [0.717, 1.165) is 25.0 Å². The Bertz CT molecular complexity index is 488. The minimum Gasteiger partial charge on any atom is -0.396 e. The molecule has 1 amide bonds. The van der Waals surface area contributed by atoms with E-state index in [2.05, 4.69) is 15.3 Å². The summed E-state index contributed by atoms with van der Waals surface area (Å²) in [7, 11) is 0. The summed E-state index contributed by atoms with van der Waals surface area (Å²) in [4.78, 5) is 20.9. The smallest absolute Gasteiger partial charge is 0.254 e. The van der Waals surface area contributed by atoms with E-state index in [4.69, 9.17) is 5.11 Å². The third-order valence-electron chi connectivity index (χ3n) is 3.86. The van der Waals surface area contributed by atoms with Gasteiger partial charge in [0.15, 0.2) is 0 Å². The first-order valence-corrected chi connectivity index (χ1v) is 7.26. The lowest BCUT2D eigenvalue weighted by molar-refractivity contribution is 0.0933. The molecule has 0 saturated heterocycles. The van der Waals surface area contributed by atoms with E-state index >= 15 is 0 Å². The van der Waals surface area contributed by atoms with E-state index in [0.29, 0.717) is 17.3 Å². The summed E-state index contributed by atoms with van der Waals surface area (Å²) in [5.41, 5.74) is 1.37. The van der Waals surface area contributed by atoms with Crippen molar-refractivity contribution >= 4 is 5.91 Å². The topological polar surface area (TPSA) is 75.1 Å². The molecule has 0 radical (unpaired) electrons. The summed E-state index contributed by atoms with van der Waals surface area (Å²) in [6.07, 6.45) is 4.38. The summed E-state index contributed by atoms with van der Waals surface area (Å²) in [5, 5.41) is 12.2. The largest absolute Gasteiger partial charge is 0.396 e. The molecule has 1 aromatic heterocycles. The highest BCUT2D eigenvalue weighted by molar-refractivity contribution is 5.95. The second-order valence-electron chi connectivity index (χ2n) is 5.90. The predicted molar refractivity (Wildman–Crippen MR) is 76.5 cm³/mol. The normalized spacial score (nSPS) is 22.2.